The number of rotatable bonds is 6. The van der Waals surface area contributed by atoms with Crippen molar-refractivity contribution in [3.8, 4) is 0 Å². The fraction of sp³-hybridized carbons (Fsp3) is 0.550. The first-order valence-corrected chi connectivity index (χ1v) is 9.47. The molecule has 0 atom stereocenters. The Labute approximate surface area is 155 Å². The summed E-state index contributed by atoms with van der Waals surface area (Å²) in [5.41, 5.74) is 2.44. The van der Waals surface area contributed by atoms with Crippen LogP contribution in [0.1, 0.15) is 42.6 Å². The maximum absolute atomic E-state index is 12.6. The van der Waals surface area contributed by atoms with E-state index in [1.165, 1.54) is 11.1 Å². The van der Waals surface area contributed by atoms with Crippen molar-refractivity contribution in [2.24, 2.45) is 0 Å². The number of likely N-dealkylation sites (N-methyl/N-ethyl adjacent to an activating group) is 1. The van der Waals surface area contributed by atoms with Crippen molar-refractivity contribution < 1.29 is 4.79 Å². The molecule has 1 aromatic heterocycles. The number of hydrogen-bond donors (Lipinski definition) is 0. The Balaban J connectivity index is 1.49. The van der Waals surface area contributed by atoms with Crippen LogP contribution in [0.2, 0.25) is 0 Å². The third kappa shape index (κ3) is 4.30. The number of hydrogen-bond acceptors (Lipinski definition) is 4. The second kappa shape index (κ2) is 8.45. The summed E-state index contributed by atoms with van der Waals surface area (Å²) in [5.74, 6) is 1.73. The predicted molar refractivity (Wildman–Crippen MR) is 102 cm³/mol. The van der Waals surface area contributed by atoms with E-state index >= 15 is 0 Å². The molecular formula is C20H29N5O. The number of carbonyl (C=O) groups is 1. The van der Waals surface area contributed by atoms with Crippen LogP contribution in [0.15, 0.2) is 30.6 Å². The number of aryl methyl sites for hydroxylation is 2. The van der Waals surface area contributed by atoms with E-state index < -0.39 is 0 Å². The fourth-order valence-corrected chi connectivity index (χ4v) is 3.62. The lowest BCUT2D eigenvalue weighted by atomic mass is 9.96. The number of amides is 1. The number of benzene rings is 1. The molecule has 0 unspecified atom stereocenters. The van der Waals surface area contributed by atoms with Crippen LogP contribution in [0.25, 0.3) is 0 Å². The number of aromatic nitrogens is 3. The van der Waals surface area contributed by atoms with Gasteiger partial charge in [0, 0.05) is 26.1 Å². The van der Waals surface area contributed by atoms with Gasteiger partial charge in [-0.25, -0.2) is 0 Å². The summed E-state index contributed by atoms with van der Waals surface area (Å²) in [6.45, 7) is 8.15. The molecule has 1 fully saturated rings. The molecule has 0 N–H and O–H groups in total. The molecule has 1 aliphatic heterocycles. The van der Waals surface area contributed by atoms with E-state index in [-0.39, 0.29) is 5.91 Å². The zero-order valence-corrected chi connectivity index (χ0v) is 16.1. The van der Waals surface area contributed by atoms with Gasteiger partial charge in [-0.3, -0.25) is 9.69 Å². The highest BCUT2D eigenvalue weighted by Crippen LogP contribution is 2.26. The van der Waals surface area contributed by atoms with Crippen molar-refractivity contribution in [3.05, 3.63) is 47.5 Å². The molecule has 0 bridgehead atoms. The van der Waals surface area contributed by atoms with Crippen molar-refractivity contribution in [3.63, 3.8) is 0 Å². The molecule has 2 aromatic rings. The van der Waals surface area contributed by atoms with E-state index in [2.05, 4.69) is 45.6 Å². The average Bonchev–Trinajstić information content (AvgIpc) is 3.13. The van der Waals surface area contributed by atoms with Crippen molar-refractivity contribution in [1.29, 1.82) is 0 Å². The third-order valence-electron chi connectivity index (χ3n) is 5.39. The molecule has 1 saturated heterocycles. The summed E-state index contributed by atoms with van der Waals surface area (Å²) in [6.07, 6.45) is 3.88. The van der Waals surface area contributed by atoms with Crippen LogP contribution in [0, 0.1) is 6.92 Å². The zero-order chi connectivity index (χ0) is 18.5. The maximum Gasteiger partial charge on any atom is 0.236 e. The molecule has 140 valence electrons. The van der Waals surface area contributed by atoms with Crippen LogP contribution in [0.4, 0.5) is 0 Å². The minimum absolute atomic E-state index is 0.184. The van der Waals surface area contributed by atoms with Crippen LogP contribution in [0.5, 0.6) is 0 Å². The highest BCUT2D eigenvalue weighted by molar-refractivity contribution is 5.78. The number of carbonyl (C=O) groups excluding carboxylic acids is 1. The van der Waals surface area contributed by atoms with Gasteiger partial charge in [-0.2, -0.15) is 0 Å². The highest BCUT2D eigenvalue weighted by atomic mass is 16.2. The standard InChI is InChI=1S/C20H29N5O/c1-4-25-15-21-22-20(25)17-9-11-24(12-10-17)14-19(26)23(3)13-18-8-6-5-7-16(18)2/h5-8,15,17H,4,9-14H2,1-3H3. The summed E-state index contributed by atoms with van der Waals surface area (Å²) in [4.78, 5) is 16.7. The molecule has 3 rings (SSSR count). The van der Waals surface area contributed by atoms with Gasteiger partial charge in [0.25, 0.3) is 0 Å². The smallest absolute Gasteiger partial charge is 0.236 e. The van der Waals surface area contributed by atoms with Gasteiger partial charge in [0.05, 0.1) is 6.54 Å². The van der Waals surface area contributed by atoms with Gasteiger partial charge in [0.2, 0.25) is 5.91 Å². The van der Waals surface area contributed by atoms with Gasteiger partial charge in [-0.1, -0.05) is 24.3 Å². The summed E-state index contributed by atoms with van der Waals surface area (Å²) < 4.78 is 2.13. The lowest BCUT2D eigenvalue weighted by molar-refractivity contribution is -0.131. The Morgan fingerprint density at radius 2 is 2.00 bits per heavy atom. The van der Waals surface area contributed by atoms with Crippen molar-refractivity contribution >= 4 is 5.91 Å². The quantitative estimate of drug-likeness (QED) is 0.799. The lowest BCUT2D eigenvalue weighted by Crippen LogP contribution is -2.42. The maximum atomic E-state index is 12.6. The van der Waals surface area contributed by atoms with Crippen LogP contribution in [0.3, 0.4) is 0 Å². The third-order valence-corrected chi connectivity index (χ3v) is 5.39. The second-order valence-electron chi connectivity index (χ2n) is 7.20. The van der Waals surface area contributed by atoms with E-state index in [1.54, 1.807) is 0 Å². The van der Waals surface area contributed by atoms with Crippen LogP contribution >= 0.6 is 0 Å². The highest BCUT2D eigenvalue weighted by Gasteiger charge is 2.26. The summed E-state index contributed by atoms with van der Waals surface area (Å²) in [5, 5.41) is 8.34. The molecule has 6 nitrogen and oxygen atoms in total. The molecule has 0 radical (unpaired) electrons. The second-order valence-corrected chi connectivity index (χ2v) is 7.20. The molecule has 1 aliphatic rings. The molecule has 26 heavy (non-hydrogen) atoms. The van der Waals surface area contributed by atoms with Gasteiger partial charge >= 0.3 is 0 Å². The van der Waals surface area contributed by atoms with E-state index in [4.69, 9.17) is 0 Å². The van der Waals surface area contributed by atoms with E-state index in [9.17, 15) is 4.79 Å². The molecule has 2 heterocycles. The molecule has 0 spiro atoms. The summed E-state index contributed by atoms with van der Waals surface area (Å²) >= 11 is 0. The molecule has 6 heteroatoms. The summed E-state index contributed by atoms with van der Waals surface area (Å²) in [7, 11) is 1.89. The Kier molecular flexibility index (Phi) is 6.04. The van der Waals surface area contributed by atoms with E-state index in [0.717, 1.165) is 38.3 Å². The monoisotopic (exact) mass is 355 g/mol. The van der Waals surface area contributed by atoms with Crippen LogP contribution in [-0.4, -0.2) is 57.2 Å². The topological polar surface area (TPSA) is 54.3 Å². The Morgan fingerprint density at radius 1 is 1.27 bits per heavy atom. The molecule has 0 saturated carbocycles. The Morgan fingerprint density at radius 3 is 2.69 bits per heavy atom. The van der Waals surface area contributed by atoms with E-state index in [0.29, 0.717) is 19.0 Å². The summed E-state index contributed by atoms with van der Waals surface area (Å²) in [6, 6.07) is 8.24. The van der Waals surface area contributed by atoms with Crippen molar-refractivity contribution in [2.45, 2.75) is 45.7 Å². The first kappa shape index (κ1) is 18.6. The number of nitrogens with zero attached hydrogens (tertiary/aromatic N) is 5. The number of piperidine rings is 1. The Hall–Kier alpha value is -2.21. The van der Waals surface area contributed by atoms with Gasteiger partial charge < -0.3 is 9.47 Å². The molecule has 1 aromatic carbocycles. The zero-order valence-electron chi connectivity index (χ0n) is 16.1. The SMILES string of the molecule is CCn1cnnc1C1CCN(CC(=O)N(C)Cc2ccccc2C)CC1. The van der Waals surface area contributed by atoms with Crippen molar-refractivity contribution in [2.75, 3.05) is 26.7 Å². The predicted octanol–water partition coefficient (Wildman–Crippen LogP) is 2.44. The van der Waals surface area contributed by atoms with Crippen LogP contribution in [-0.2, 0) is 17.9 Å². The normalized spacial score (nSPS) is 16.0. The number of likely N-dealkylation sites (tertiary alicyclic amines) is 1. The van der Waals surface area contributed by atoms with Crippen LogP contribution < -0.4 is 0 Å². The van der Waals surface area contributed by atoms with Gasteiger partial charge in [0.1, 0.15) is 12.2 Å². The minimum atomic E-state index is 0.184. The first-order chi connectivity index (χ1) is 12.6. The molecule has 1 amide bonds. The van der Waals surface area contributed by atoms with E-state index in [1.807, 2.05) is 30.4 Å². The van der Waals surface area contributed by atoms with Crippen molar-refractivity contribution in [1.82, 2.24) is 24.6 Å². The minimum Gasteiger partial charge on any atom is -0.340 e. The molecular weight excluding hydrogens is 326 g/mol. The Bertz CT molecular complexity index is 733. The largest absolute Gasteiger partial charge is 0.340 e. The lowest BCUT2D eigenvalue weighted by Gasteiger charge is -2.32. The van der Waals surface area contributed by atoms with Gasteiger partial charge in [0.15, 0.2) is 0 Å². The average molecular weight is 355 g/mol. The van der Waals surface area contributed by atoms with Gasteiger partial charge in [-0.15, -0.1) is 10.2 Å². The fourth-order valence-electron chi connectivity index (χ4n) is 3.62. The van der Waals surface area contributed by atoms with Gasteiger partial charge in [-0.05, 0) is 50.9 Å². The molecule has 0 aliphatic carbocycles. The first-order valence-electron chi connectivity index (χ1n) is 9.47.